The summed E-state index contributed by atoms with van der Waals surface area (Å²) in [6, 6.07) is 5.94. The van der Waals surface area contributed by atoms with Crippen molar-refractivity contribution in [3.05, 3.63) is 42.9 Å². The van der Waals surface area contributed by atoms with E-state index in [1.807, 2.05) is 23.6 Å². The monoisotopic (exact) mass is 493 g/mol. The van der Waals surface area contributed by atoms with E-state index in [4.69, 9.17) is 4.74 Å². The van der Waals surface area contributed by atoms with Gasteiger partial charge in [-0.15, -0.1) is 11.3 Å². The number of carbonyl (C=O) groups is 1. The Bertz CT molecular complexity index is 670. The number of halogens is 2. The standard InChI is InChI=1S/C14H13BrIN3O2S/c1-2-21-13(20)6-9-8-22-14(18-9)19-17-7-10-11(15)4-3-5-12(10)16/h3-5,7-8H,2,6H2,1H3,(H,18,19). The first-order valence-electron chi connectivity index (χ1n) is 6.43. The molecule has 1 heterocycles. The molecule has 0 radical (unpaired) electrons. The van der Waals surface area contributed by atoms with Gasteiger partial charge in [-0.2, -0.15) is 5.10 Å². The summed E-state index contributed by atoms with van der Waals surface area (Å²) in [5.41, 5.74) is 4.55. The van der Waals surface area contributed by atoms with Gasteiger partial charge in [0, 0.05) is 19.0 Å². The Morgan fingerprint density at radius 2 is 2.41 bits per heavy atom. The predicted octanol–water partition coefficient (Wildman–Crippen LogP) is 4.06. The van der Waals surface area contributed by atoms with E-state index in [1.54, 1.807) is 13.1 Å². The number of hydrogen-bond donors (Lipinski definition) is 1. The number of hydrogen-bond acceptors (Lipinski definition) is 6. The van der Waals surface area contributed by atoms with Gasteiger partial charge in [0.05, 0.1) is 24.9 Å². The highest BCUT2D eigenvalue weighted by molar-refractivity contribution is 14.1. The summed E-state index contributed by atoms with van der Waals surface area (Å²) < 4.78 is 6.97. The maximum atomic E-state index is 11.4. The molecule has 0 bridgehead atoms. The van der Waals surface area contributed by atoms with Crippen LogP contribution in [0.1, 0.15) is 18.2 Å². The second kappa shape index (κ2) is 8.59. The third kappa shape index (κ3) is 5.03. The zero-order chi connectivity index (χ0) is 15.9. The fourth-order valence-electron chi connectivity index (χ4n) is 1.59. The number of aromatic nitrogens is 1. The molecule has 0 spiro atoms. The van der Waals surface area contributed by atoms with Gasteiger partial charge >= 0.3 is 5.97 Å². The lowest BCUT2D eigenvalue weighted by Gasteiger charge is -2.01. The van der Waals surface area contributed by atoms with E-state index in [-0.39, 0.29) is 12.4 Å². The smallest absolute Gasteiger partial charge is 0.311 e. The molecule has 1 aromatic carbocycles. The van der Waals surface area contributed by atoms with Crippen LogP contribution in [0.2, 0.25) is 0 Å². The average Bonchev–Trinajstić information content (AvgIpc) is 2.90. The van der Waals surface area contributed by atoms with E-state index in [0.717, 1.165) is 13.6 Å². The van der Waals surface area contributed by atoms with Gasteiger partial charge in [0.25, 0.3) is 0 Å². The van der Waals surface area contributed by atoms with Crippen molar-refractivity contribution < 1.29 is 9.53 Å². The second-order valence-electron chi connectivity index (χ2n) is 4.13. The minimum absolute atomic E-state index is 0.178. The van der Waals surface area contributed by atoms with E-state index in [0.29, 0.717) is 17.4 Å². The minimum Gasteiger partial charge on any atom is -0.466 e. The Morgan fingerprint density at radius 1 is 1.59 bits per heavy atom. The summed E-state index contributed by atoms with van der Waals surface area (Å²) in [6.45, 7) is 2.16. The summed E-state index contributed by atoms with van der Waals surface area (Å²) >= 11 is 7.14. The third-order valence-corrected chi connectivity index (χ3v) is 4.96. The van der Waals surface area contributed by atoms with Crippen LogP contribution in [-0.4, -0.2) is 23.8 Å². The van der Waals surface area contributed by atoms with Crippen LogP contribution in [0.5, 0.6) is 0 Å². The van der Waals surface area contributed by atoms with Gasteiger partial charge in [0.1, 0.15) is 0 Å². The van der Waals surface area contributed by atoms with Crippen LogP contribution in [0.15, 0.2) is 33.2 Å². The molecular weight excluding hydrogens is 481 g/mol. The van der Waals surface area contributed by atoms with Gasteiger partial charge in [-0.3, -0.25) is 10.2 Å². The fourth-order valence-corrected chi connectivity index (χ4v) is 3.72. The highest BCUT2D eigenvalue weighted by Crippen LogP contribution is 2.21. The molecule has 0 saturated heterocycles. The number of nitrogens with zero attached hydrogens (tertiary/aromatic N) is 2. The average molecular weight is 494 g/mol. The van der Waals surface area contributed by atoms with Crippen molar-refractivity contribution in [1.29, 1.82) is 0 Å². The van der Waals surface area contributed by atoms with Crippen LogP contribution in [0.4, 0.5) is 5.13 Å². The van der Waals surface area contributed by atoms with E-state index in [9.17, 15) is 4.79 Å². The molecule has 0 amide bonds. The SMILES string of the molecule is CCOC(=O)Cc1csc(NN=Cc2c(Br)cccc2I)n1. The van der Waals surface area contributed by atoms with E-state index in [1.165, 1.54) is 11.3 Å². The lowest BCUT2D eigenvalue weighted by molar-refractivity contribution is -0.142. The van der Waals surface area contributed by atoms with E-state index >= 15 is 0 Å². The van der Waals surface area contributed by atoms with Gasteiger partial charge in [0.2, 0.25) is 5.13 Å². The van der Waals surface area contributed by atoms with E-state index in [2.05, 4.69) is 54.0 Å². The fraction of sp³-hybridized carbons (Fsp3) is 0.214. The predicted molar refractivity (Wildman–Crippen MR) is 101 cm³/mol. The molecule has 116 valence electrons. The van der Waals surface area contributed by atoms with Crippen molar-refractivity contribution in [2.45, 2.75) is 13.3 Å². The van der Waals surface area contributed by atoms with Crippen molar-refractivity contribution in [3.63, 3.8) is 0 Å². The molecule has 0 aliphatic heterocycles. The van der Waals surface area contributed by atoms with Gasteiger partial charge in [-0.25, -0.2) is 4.98 Å². The summed E-state index contributed by atoms with van der Waals surface area (Å²) in [5.74, 6) is -0.273. The normalized spacial score (nSPS) is 10.9. The molecule has 5 nitrogen and oxygen atoms in total. The number of hydrazone groups is 1. The lowest BCUT2D eigenvalue weighted by atomic mass is 10.2. The van der Waals surface area contributed by atoms with Crippen molar-refractivity contribution in [3.8, 4) is 0 Å². The van der Waals surface area contributed by atoms with Crippen LogP contribution >= 0.6 is 49.9 Å². The summed E-state index contributed by atoms with van der Waals surface area (Å²) in [7, 11) is 0. The Morgan fingerprint density at radius 3 is 3.14 bits per heavy atom. The molecule has 2 rings (SSSR count). The Labute approximate surface area is 154 Å². The number of anilines is 1. The molecule has 0 aliphatic rings. The lowest BCUT2D eigenvalue weighted by Crippen LogP contribution is -2.07. The van der Waals surface area contributed by atoms with Gasteiger partial charge in [0.15, 0.2) is 0 Å². The number of ether oxygens (including phenoxy) is 1. The Hall–Kier alpha value is -1.000. The molecule has 1 N–H and O–H groups in total. The van der Waals surface area contributed by atoms with Gasteiger partial charge < -0.3 is 4.74 Å². The Balaban J connectivity index is 1.96. The minimum atomic E-state index is -0.273. The number of nitrogens with one attached hydrogen (secondary N) is 1. The summed E-state index contributed by atoms with van der Waals surface area (Å²) in [6.07, 6.45) is 1.91. The maximum Gasteiger partial charge on any atom is 0.311 e. The number of carbonyl (C=O) groups excluding carboxylic acids is 1. The largest absolute Gasteiger partial charge is 0.466 e. The van der Waals surface area contributed by atoms with Crippen molar-refractivity contribution in [2.24, 2.45) is 5.10 Å². The van der Waals surface area contributed by atoms with Crippen molar-refractivity contribution >= 4 is 67.2 Å². The summed E-state index contributed by atoms with van der Waals surface area (Å²) in [5, 5.41) is 6.64. The molecule has 1 aromatic heterocycles. The highest BCUT2D eigenvalue weighted by atomic mass is 127. The first-order valence-corrected chi connectivity index (χ1v) is 9.18. The zero-order valence-corrected chi connectivity index (χ0v) is 16.2. The maximum absolute atomic E-state index is 11.4. The van der Waals surface area contributed by atoms with Gasteiger partial charge in [-0.05, 0) is 41.6 Å². The molecule has 22 heavy (non-hydrogen) atoms. The Kier molecular flexibility index (Phi) is 6.77. The second-order valence-corrected chi connectivity index (χ2v) is 7.01. The first kappa shape index (κ1) is 17.4. The molecule has 0 aliphatic carbocycles. The van der Waals surface area contributed by atoms with Crippen LogP contribution < -0.4 is 5.43 Å². The molecular formula is C14H13BrIN3O2S. The molecule has 0 saturated carbocycles. The third-order valence-electron chi connectivity index (χ3n) is 2.54. The first-order chi connectivity index (χ1) is 10.6. The zero-order valence-electron chi connectivity index (χ0n) is 11.7. The number of benzene rings is 1. The quantitative estimate of drug-likeness (QED) is 0.285. The number of esters is 1. The van der Waals surface area contributed by atoms with Crippen LogP contribution in [0.25, 0.3) is 0 Å². The number of thiazole rings is 1. The molecule has 0 unspecified atom stereocenters. The topological polar surface area (TPSA) is 63.6 Å². The van der Waals surface area contributed by atoms with Crippen molar-refractivity contribution in [2.75, 3.05) is 12.0 Å². The van der Waals surface area contributed by atoms with Crippen LogP contribution in [0.3, 0.4) is 0 Å². The van der Waals surface area contributed by atoms with Crippen molar-refractivity contribution in [1.82, 2.24) is 4.98 Å². The van der Waals surface area contributed by atoms with Gasteiger partial charge in [-0.1, -0.05) is 22.0 Å². The number of rotatable bonds is 6. The molecule has 2 aromatic rings. The molecule has 0 fully saturated rings. The van der Waals surface area contributed by atoms with E-state index < -0.39 is 0 Å². The van der Waals surface area contributed by atoms with Crippen LogP contribution in [-0.2, 0) is 16.0 Å². The molecule has 8 heteroatoms. The van der Waals surface area contributed by atoms with Crippen LogP contribution in [0, 0.1) is 3.57 Å². The molecule has 0 atom stereocenters. The summed E-state index contributed by atoms with van der Waals surface area (Å²) in [4.78, 5) is 15.7. The highest BCUT2D eigenvalue weighted by Gasteiger charge is 2.08.